The lowest BCUT2D eigenvalue weighted by Gasteiger charge is -2.34. The fraction of sp³-hybridized carbons (Fsp3) is 0.346. The quantitative estimate of drug-likeness (QED) is 0.632. The van der Waals surface area contributed by atoms with Gasteiger partial charge in [0.15, 0.2) is 0 Å². The van der Waals surface area contributed by atoms with Gasteiger partial charge < -0.3 is 10.2 Å². The molecule has 2 aliphatic heterocycles. The van der Waals surface area contributed by atoms with Crippen LogP contribution in [0.1, 0.15) is 17.5 Å². The number of carbonyl (C=O) groups excluding carboxylic acids is 3. The largest absolute Gasteiger partial charge is 0.340 e. The Bertz CT molecular complexity index is 985. The van der Waals surface area contributed by atoms with Crippen molar-refractivity contribution in [3.63, 3.8) is 0 Å². The lowest BCUT2D eigenvalue weighted by atomic mass is 10.1. The average Bonchev–Trinajstić information content (AvgIpc) is 3.11. The second-order valence-electron chi connectivity index (χ2n) is 8.43. The Morgan fingerprint density at radius 1 is 0.939 bits per heavy atom. The Morgan fingerprint density at radius 2 is 1.61 bits per heavy atom. The molecule has 2 saturated heterocycles. The normalized spacial score (nSPS) is 19.3. The van der Waals surface area contributed by atoms with Crippen LogP contribution in [0.2, 0.25) is 0 Å². The zero-order valence-corrected chi connectivity index (χ0v) is 18.7. The summed E-state index contributed by atoms with van der Waals surface area (Å²) in [5.74, 6) is -0.396. The predicted molar refractivity (Wildman–Crippen MR) is 127 cm³/mol. The summed E-state index contributed by atoms with van der Waals surface area (Å²) in [6.07, 6.45) is 4.86. The number of piperazine rings is 1. The van der Waals surface area contributed by atoms with E-state index >= 15 is 0 Å². The van der Waals surface area contributed by atoms with Gasteiger partial charge in [0, 0.05) is 39.3 Å². The first-order valence-corrected chi connectivity index (χ1v) is 11.5. The number of nitrogens with zero attached hydrogens (tertiary/aromatic N) is 3. The summed E-state index contributed by atoms with van der Waals surface area (Å²) < 4.78 is 0. The number of urea groups is 1. The third-order valence-corrected chi connectivity index (χ3v) is 6.15. The zero-order valence-electron chi connectivity index (χ0n) is 18.7. The second-order valence-corrected chi connectivity index (χ2v) is 8.43. The van der Waals surface area contributed by atoms with Gasteiger partial charge in [-0.25, -0.2) is 4.79 Å². The molecule has 0 saturated carbocycles. The van der Waals surface area contributed by atoms with Crippen LogP contribution in [0.4, 0.5) is 4.79 Å². The van der Waals surface area contributed by atoms with E-state index in [1.807, 2.05) is 48.5 Å². The summed E-state index contributed by atoms with van der Waals surface area (Å²) in [5, 5.41) is 2.68. The van der Waals surface area contributed by atoms with E-state index in [9.17, 15) is 14.4 Å². The number of amides is 4. The molecule has 2 aliphatic rings. The van der Waals surface area contributed by atoms with Crippen molar-refractivity contribution in [2.75, 3.05) is 39.3 Å². The van der Waals surface area contributed by atoms with E-state index in [1.165, 1.54) is 10.5 Å². The van der Waals surface area contributed by atoms with E-state index in [-0.39, 0.29) is 18.2 Å². The highest BCUT2D eigenvalue weighted by atomic mass is 16.2. The van der Waals surface area contributed by atoms with E-state index in [0.29, 0.717) is 26.1 Å². The molecule has 1 N–H and O–H groups in total. The van der Waals surface area contributed by atoms with Crippen molar-refractivity contribution in [2.24, 2.45) is 0 Å². The van der Waals surface area contributed by atoms with Crippen LogP contribution >= 0.6 is 0 Å². The molecule has 7 heteroatoms. The molecular formula is C26H30N4O3. The third kappa shape index (κ3) is 6.08. The fourth-order valence-corrected chi connectivity index (χ4v) is 4.20. The molecule has 2 fully saturated rings. The van der Waals surface area contributed by atoms with E-state index in [4.69, 9.17) is 0 Å². The first kappa shape index (κ1) is 22.7. The average molecular weight is 447 g/mol. The molecule has 2 aromatic carbocycles. The molecule has 33 heavy (non-hydrogen) atoms. The fourth-order valence-electron chi connectivity index (χ4n) is 4.20. The molecule has 0 bridgehead atoms. The molecule has 0 spiro atoms. The number of imide groups is 1. The van der Waals surface area contributed by atoms with Gasteiger partial charge in [0.2, 0.25) is 5.91 Å². The van der Waals surface area contributed by atoms with Crippen molar-refractivity contribution in [2.45, 2.75) is 18.9 Å². The highest BCUT2D eigenvalue weighted by Gasteiger charge is 2.39. The molecule has 2 heterocycles. The van der Waals surface area contributed by atoms with E-state index in [1.54, 1.807) is 4.90 Å². The van der Waals surface area contributed by atoms with Gasteiger partial charge in [0.05, 0.1) is 6.42 Å². The number of hydrogen-bond donors (Lipinski definition) is 1. The summed E-state index contributed by atoms with van der Waals surface area (Å²) in [4.78, 5) is 43.1. The highest BCUT2D eigenvalue weighted by molar-refractivity contribution is 6.05. The molecule has 4 rings (SSSR count). The predicted octanol–water partition coefficient (Wildman–Crippen LogP) is 2.40. The highest BCUT2D eigenvalue weighted by Crippen LogP contribution is 2.14. The molecule has 7 nitrogen and oxygen atoms in total. The molecule has 2 aromatic rings. The standard InChI is InChI=1S/C26H30N4O3/c31-24(29-18-16-28(17-19-29)14-7-12-21-8-3-1-4-9-21)20-23-25(32)30(26(33)27-23)15-13-22-10-5-2-6-11-22/h1-12,23H,13-20H2,(H,27,33)/b12-7+/t23-/m1/s1. The topological polar surface area (TPSA) is 73.0 Å². The minimum Gasteiger partial charge on any atom is -0.340 e. The smallest absolute Gasteiger partial charge is 0.324 e. The molecule has 0 radical (unpaired) electrons. The summed E-state index contributed by atoms with van der Waals surface area (Å²) >= 11 is 0. The third-order valence-electron chi connectivity index (χ3n) is 6.15. The van der Waals surface area contributed by atoms with Gasteiger partial charge in [-0.1, -0.05) is 72.8 Å². The minimum absolute atomic E-state index is 0.0142. The number of benzene rings is 2. The molecule has 1 atom stereocenters. The monoisotopic (exact) mass is 446 g/mol. The van der Waals surface area contributed by atoms with E-state index in [2.05, 4.69) is 34.5 Å². The van der Waals surface area contributed by atoms with Crippen LogP contribution in [0.5, 0.6) is 0 Å². The Balaban J connectivity index is 1.20. The summed E-state index contributed by atoms with van der Waals surface area (Å²) in [6, 6.07) is 18.7. The maximum atomic E-state index is 12.8. The van der Waals surface area contributed by atoms with Crippen molar-refractivity contribution in [1.29, 1.82) is 0 Å². The number of rotatable bonds is 8. The summed E-state index contributed by atoms with van der Waals surface area (Å²) in [6.45, 7) is 3.99. The van der Waals surface area contributed by atoms with Gasteiger partial charge in [-0.15, -0.1) is 0 Å². The van der Waals surface area contributed by atoms with Gasteiger partial charge in [0.1, 0.15) is 6.04 Å². The van der Waals surface area contributed by atoms with E-state index in [0.717, 1.165) is 25.2 Å². The molecule has 0 unspecified atom stereocenters. The SMILES string of the molecule is O=C(C[C@H]1NC(=O)N(CCc2ccccc2)C1=O)N1CCN(C/C=C/c2ccccc2)CC1. The molecule has 172 valence electrons. The van der Waals surface area contributed by atoms with Crippen LogP contribution in [-0.2, 0) is 16.0 Å². The van der Waals surface area contributed by atoms with Crippen molar-refractivity contribution < 1.29 is 14.4 Å². The Kier molecular flexibility index (Phi) is 7.52. The van der Waals surface area contributed by atoms with Crippen LogP contribution in [0.15, 0.2) is 66.7 Å². The maximum Gasteiger partial charge on any atom is 0.324 e. The van der Waals surface area contributed by atoms with Gasteiger partial charge in [-0.2, -0.15) is 0 Å². The van der Waals surface area contributed by atoms with Crippen LogP contribution in [0.25, 0.3) is 6.08 Å². The van der Waals surface area contributed by atoms with Crippen molar-refractivity contribution in [3.8, 4) is 0 Å². The first-order chi connectivity index (χ1) is 16.1. The maximum absolute atomic E-state index is 12.8. The Hall–Kier alpha value is -3.45. The lowest BCUT2D eigenvalue weighted by molar-refractivity contribution is -0.136. The molecular weight excluding hydrogens is 416 g/mol. The number of carbonyl (C=O) groups is 3. The molecule has 4 amide bonds. The summed E-state index contributed by atoms with van der Waals surface area (Å²) in [7, 11) is 0. The van der Waals surface area contributed by atoms with Gasteiger partial charge in [0.25, 0.3) is 5.91 Å². The lowest BCUT2D eigenvalue weighted by Crippen LogP contribution is -2.50. The molecule has 0 aromatic heterocycles. The van der Waals surface area contributed by atoms with Crippen molar-refractivity contribution >= 4 is 23.9 Å². The molecule has 0 aliphatic carbocycles. The zero-order chi connectivity index (χ0) is 23.0. The van der Waals surface area contributed by atoms with Gasteiger partial charge >= 0.3 is 6.03 Å². The minimum atomic E-state index is -0.771. The van der Waals surface area contributed by atoms with Crippen LogP contribution in [0, 0.1) is 0 Å². The van der Waals surface area contributed by atoms with Crippen molar-refractivity contribution in [3.05, 3.63) is 77.9 Å². The van der Waals surface area contributed by atoms with Gasteiger partial charge in [-0.05, 0) is 17.5 Å². The van der Waals surface area contributed by atoms with Gasteiger partial charge in [-0.3, -0.25) is 19.4 Å². The van der Waals surface area contributed by atoms with Crippen LogP contribution in [0.3, 0.4) is 0 Å². The van der Waals surface area contributed by atoms with Crippen LogP contribution in [-0.4, -0.2) is 77.9 Å². The Morgan fingerprint density at radius 3 is 2.30 bits per heavy atom. The van der Waals surface area contributed by atoms with Crippen molar-refractivity contribution in [1.82, 2.24) is 20.0 Å². The van der Waals surface area contributed by atoms with E-state index < -0.39 is 12.1 Å². The second kappa shape index (κ2) is 10.9. The van der Waals surface area contributed by atoms with Crippen LogP contribution < -0.4 is 5.32 Å². The number of hydrogen-bond acceptors (Lipinski definition) is 4. The Labute approximate surface area is 194 Å². The summed E-state index contributed by atoms with van der Waals surface area (Å²) in [5.41, 5.74) is 2.24. The number of nitrogens with one attached hydrogen (secondary N) is 1. The first-order valence-electron chi connectivity index (χ1n) is 11.5.